The summed E-state index contributed by atoms with van der Waals surface area (Å²) in [5, 5.41) is 20.4. The SMILES string of the molecule is Cc1nc(C)c([N+](=O)[O-])c(NCc2cn[nH]c2)n1. The number of hydrogen-bond acceptors (Lipinski definition) is 6. The second-order valence-corrected chi connectivity index (χ2v) is 3.77. The van der Waals surface area contributed by atoms with Gasteiger partial charge in [0.25, 0.3) is 0 Å². The molecule has 18 heavy (non-hydrogen) atoms. The van der Waals surface area contributed by atoms with Crippen molar-refractivity contribution < 1.29 is 4.92 Å². The first-order chi connectivity index (χ1) is 8.58. The number of hydrogen-bond donors (Lipinski definition) is 2. The van der Waals surface area contributed by atoms with Crippen molar-refractivity contribution in [2.24, 2.45) is 0 Å². The fourth-order valence-electron chi connectivity index (χ4n) is 1.61. The van der Waals surface area contributed by atoms with Crippen molar-refractivity contribution in [3.05, 3.63) is 39.6 Å². The van der Waals surface area contributed by atoms with E-state index < -0.39 is 4.92 Å². The number of nitrogens with zero attached hydrogens (tertiary/aromatic N) is 4. The van der Waals surface area contributed by atoms with Crippen LogP contribution in [0.4, 0.5) is 11.5 Å². The number of nitrogens with one attached hydrogen (secondary N) is 2. The van der Waals surface area contributed by atoms with Gasteiger partial charge in [-0.05, 0) is 13.8 Å². The van der Waals surface area contributed by atoms with Gasteiger partial charge in [0.1, 0.15) is 11.5 Å². The highest BCUT2D eigenvalue weighted by Crippen LogP contribution is 2.25. The Morgan fingerprint density at radius 1 is 1.44 bits per heavy atom. The number of aryl methyl sites for hydroxylation is 2. The van der Waals surface area contributed by atoms with Crippen molar-refractivity contribution in [3.63, 3.8) is 0 Å². The minimum absolute atomic E-state index is 0.0934. The van der Waals surface area contributed by atoms with Gasteiger partial charge in [0, 0.05) is 18.3 Å². The molecule has 0 spiro atoms. The lowest BCUT2D eigenvalue weighted by atomic mass is 10.3. The van der Waals surface area contributed by atoms with Crippen LogP contribution in [0.5, 0.6) is 0 Å². The maximum Gasteiger partial charge on any atom is 0.332 e. The van der Waals surface area contributed by atoms with Crippen LogP contribution in [0.2, 0.25) is 0 Å². The van der Waals surface area contributed by atoms with E-state index in [2.05, 4.69) is 25.5 Å². The molecule has 0 aliphatic rings. The van der Waals surface area contributed by atoms with Gasteiger partial charge in [-0.15, -0.1) is 0 Å². The Morgan fingerprint density at radius 2 is 2.22 bits per heavy atom. The zero-order valence-electron chi connectivity index (χ0n) is 9.97. The number of anilines is 1. The summed E-state index contributed by atoms with van der Waals surface area (Å²) >= 11 is 0. The molecular formula is C10H12N6O2. The summed E-state index contributed by atoms with van der Waals surface area (Å²) in [6.07, 6.45) is 3.35. The van der Waals surface area contributed by atoms with E-state index in [1.54, 1.807) is 26.2 Å². The zero-order chi connectivity index (χ0) is 13.1. The largest absolute Gasteiger partial charge is 0.360 e. The van der Waals surface area contributed by atoms with E-state index in [4.69, 9.17) is 0 Å². The van der Waals surface area contributed by atoms with Crippen molar-refractivity contribution in [1.29, 1.82) is 0 Å². The summed E-state index contributed by atoms with van der Waals surface area (Å²) in [5.74, 6) is 0.721. The summed E-state index contributed by atoms with van der Waals surface area (Å²) in [6, 6.07) is 0. The molecule has 2 heterocycles. The van der Waals surface area contributed by atoms with E-state index in [-0.39, 0.29) is 11.5 Å². The average molecular weight is 248 g/mol. The lowest BCUT2D eigenvalue weighted by Gasteiger charge is -2.07. The molecule has 0 unspecified atom stereocenters. The predicted octanol–water partition coefficient (Wildman–Crippen LogP) is 1.34. The first kappa shape index (κ1) is 12.0. The van der Waals surface area contributed by atoms with Crippen molar-refractivity contribution in [3.8, 4) is 0 Å². The Kier molecular flexibility index (Phi) is 3.18. The van der Waals surface area contributed by atoms with Gasteiger partial charge >= 0.3 is 5.69 Å². The minimum Gasteiger partial charge on any atom is -0.360 e. The number of aromatic amines is 1. The summed E-state index contributed by atoms with van der Waals surface area (Å²) in [7, 11) is 0. The first-order valence-electron chi connectivity index (χ1n) is 5.29. The van der Waals surface area contributed by atoms with Gasteiger partial charge < -0.3 is 5.32 Å². The van der Waals surface area contributed by atoms with Crippen LogP contribution >= 0.6 is 0 Å². The highest BCUT2D eigenvalue weighted by atomic mass is 16.6. The molecule has 0 aromatic carbocycles. The first-order valence-corrected chi connectivity index (χ1v) is 5.29. The highest BCUT2D eigenvalue weighted by Gasteiger charge is 2.20. The van der Waals surface area contributed by atoms with Gasteiger partial charge in [-0.3, -0.25) is 15.2 Å². The van der Waals surface area contributed by atoms with E-state index in [9.17, 15) is 10.1 Å². The third kappa shape index (κ3) is 2.42. The molecule has 0 fully saturated rings. The van der Waals surface area contributed by atoms with E-state index in [1.165, 1.54) is 0 Å². The Morgan fingerprint density at radius 3 is 2.83 bits per heavy atom. The lowest BCUT2D eigenvalue weighted by molar-refractivity contribution is -0.385. The number of nitro groups is 1. The molecule has 0 amide bonds. The fraction of sp³-hybridized carbons (Fsp3) is 0.300. The molecule has 8 nitrogen and oxygen atoms in total. The van der Waals surface area contributed by atoms with Crippen LogP contribution in [-0.4, -0.2) is 25.1 Å². The summed E-state index contributed by atoms with van der Waals surface area (Å²) in [4.78, 5) is 18.6. The van der Waals surface area contributed by atoms with Gasteiger partial charge in [-0.2, -0.15) is 5.10 Å². The van der Waals surface area contributed by atoms with Crippen LogP contribution in [0.25, 0.3) is 0 Å². The number of H-pyrrole nitrogens is 1. The Hall–Kier alpha value is -2.51. The highest BCUT2D eigenvalue weighted by molar-refractivity contribution is 5.58. The molecule has 0 aliphatic heterocycles. The monoisotopic (exact) mass is 248 g/mol. The van der Waals surface area contributed by atoms with Crippen molar-refractivity contribution in [2.45, 2.75) is 20.4 Å². The lowest BCUT2D eigenvalue weighted by Crippen LogP contribution is -2.08. The molecule has 8 heteroatoms. The quantitative estimate of drug-likeness (QED) is 0.624. The molecular weight excluding hydrogens is 236 g/mol. The van der Waals surface area contributed by atoms with Gasteiger partial charge in [0.2, 0.25) is 5.82 Å². The van der Waals surface area contributed by atoms with E-state index >= 15 is 0 Å². The van der Waals surface area contributed by atoms with Crippen molar-refractivity contribution >= 4 is 11.5 Å². The normalized spacial score (nSPS) is 10.3. The second-order valence-electron chi connectivity index (χ2n) is 3.77. The molecule has 0 bridgehead atoms. The van der Waals surface area contributed by atoms with Crippen molar-refractivity contribution in [2.75, 3.05) is 5.32 Å². The van der Waals surface area contributed by atoms with Crippen LogP contribution in [0.1, 0.15) is 17.1 Å². The van der Waals surface area contributed by atoms with E-state index in [1.807, 2.05) is 0 Å². The average Bonchev–Trinajstić information content (AvgIpc) is 2.77. The molecule has 2 N–H and O–H groups in total. The fourth-order valence-corrected chi connectivity index (χ4v) is 1.61. The Bertz CT molecular complexity index is 566. The Labute approximate surface area is 103 Å². The van der Waals surface area contributed by atoms with Gasteiger partial charge in [0.05, 0.1) is 11.1 Å². The molecule has 0 radical (unpaired) electrons. The van der Waals surface area contributed by atoms with Gasteiger partial charge in [0.15, 0.2) is 0 Å². The third-order valence-electron chi connectivity index (χ3n) is 2.37. The summed E-state index contributed by atoms with van der Waals surface area (Å²) < 4.78 is 0. The van der Waals surface area contributed by atoms with Crippen LogP contribution in [0.3, 0.4) is 0 Å². The molecule has 0 saturated carbocycles. The van der Waals surface area contributed by atoms with Crippen LogP contribution in [0.15, 0.2) is 12.4 Å². The topological polar surface area (TPSA) is 110 Å². The zero-order valence-corrected chi connectivity index (χ0v) is 9.97. The molecule has 2 aromatic rings. The minimum atomic E-state index is -0.480. The summed E-state index contributed by atoms with van der Waals surface area (Å²) in [6.45, 7) is 3.70. The molecule has 0 atom stereocenters. The molecule has 2 aromatic heterocycles. The Balaban J connectivity index is 2.28. The number of rotatable bonds is 4. The standard InChI is InChI=1S/C10H12N6O2/c1-6-9(16(17)18)10(15-7(2)14-6)11-3-8-4-12-13-5-8/h4-5H,3H2,1-2H3,(H,12,13)(H,11,14,15). The van der Waals surface area contributed by atoms with Gasteiger partial charge in [-0.1, -0.05) is 0 Å². The van der Waals surface area contributed by atoms with Gasteiger partial charge in [-0.25, -0.2) is 9.97 Å². The maximum absolute atomic E-state index is 11.0. The smallest absolute Gasteiger partial charge is 0.332 e. The molecule has 0 aliphatic carbocycles. The maximum atomic E-state index is 11.0. The second kappa shape index (κ2) is 4.78. The molecule has 0 saturated heterocycles. The van der Waals surface area contributed by atoms with Crippen LogP contribution < -0.4 is 5.32 Å². The summed E-state index contributed by atoms with van der Waals surface area (Å²) in [5.41, 5.74) is 1.14. The van der Waals surface area contributed by atoms with Crippen molar-refractivity contribution in [1.82, 2.24) is 20.2 Å². The van der Waals surface area contributed by atoms with Crippen LogP contribution in [0, 0.1) is 24.0 Å². The molecule has 2 rings (SSSR count). The van der Waals surface area contributed by atoms with E-state index in [0.29, 0.717) is 18.1 Å². The van der Waals surface area contributed by atoms with E-state index in [0.717, 1.165) is 5.56 Å². The predicted molar refractivity (Wildman–Crippen MR) is 64.1 cm³/mol. The third-order valence-corrected chi connectivity index (χ3v) is 2.37. The van der Waals surface area contributed by atoms with Crippen LogP contribution in [-0.2, 0) is 6.54 Å². The molecule has 94 valence electrons. The number of aromatic nitrogens is 4.